The zero-order valence-electron chi connectivity index (χ0n) is 28.4. The molecule has 0 fully saturated rings. The van der Waals surface area contributed by atoms with E-state index in [9.17, 15) is 0 Å². The van der Waals surface area contributed by atoms with Gasteiger partial charge in [0, 0.05) is 32.8 Å². The molecule has 10 aromatic rings. The van der Waals surface area contributed by atoms with Gasteiger partial charge in [-0.2, -0.15) is 0 Å². The number of benzene rings is 8. The molecule has 0 atom stereocenters. The molecule has 0 amide bonds. The van der Waals surface area contributed by atoms with E-state index >= 15 is 0 Å². The summed E-state index contributed by atoms with van der Waals surface area (Å²) < 4.78 is 2.45. The molecule has 0 aliphatic heterocycles. The Hall–Kier alpha value is -6.77. The Morgan fingerprint density at radius 2 is 0.981 bits per heavy atom. The van der Waals surface area contributed by atoms with E-state index in [4.69, 9.17) is 4.98 Å². The first-order valence-corrected chi connectivity index (χ1v) is 18.0. The lowest BCUT2D eigenvalue weighted by atomic mass is 9.67. The predicted molar refractivity (Wildman–Crippen MR) is 216 cm³/mol. The van der Waals surface area contributed by atoms with Gasteiger partial charge in [-0.3, -0.25) is 0 Å². The normalized spacial score (nSPS) is 13.2. The van der Waals surface area contributed by atoms with Crippen LogP contribution in [0.4, 0.5) is 0 Å². The standard InChI is InChI=1S/C50H32N2/c1-3-15-34(16-4-1)50(35-17-5-2-6-18-35)44-24-12-9-20-38(44)39-29-28-36(32-45(39)50)52-47-26-14-11-22-41(47)43-31-33(27-30-48(43)52)49-42-23-8-7-19-37(42)40-21-10-13-25-46(40)51-49/h1-32H. The first kappa shape index (κ1) is 29.0. The monoisotopic (exact) mass is 660 g/mol. The Kier molecular flexibility index (Phi) is 6.20. The van der Waals surface area contributed by atoms with Gasteiger partial charge in [-0.1, -0.05) is 158 Å². The summed E-state index contributed by atoms with van der Waals surface area (Å²) in [4.78, 5) is 5.25. The molecule has 0 unspecified atom stereocenters. The molecule has 11 rings (SSSR count). The molecule has 0 spiro atoms. The maximum absolute atomic E-state index is 5.25. The topological polar surface area (TPSA) is 17.8 Å². The van der Waals surface area contributed by atoms with Crippen molar-refractivity contribution in [2.45, 2.75) is 5.41 Å². The van der Waals surface area contributed by atoms with E-state index in [1.165, 1.54) is 71.3 Å². The maximum atomic E-state index is 5.25. The average Bonchev–Trinajstić information content (AvgIpc) is 3.71. The molecule has 2 heteroatoms. The number of nitrogens with zero attached hydrogens (tertiary/aromatic N) is 2. The lowest BCUT2D eigenvalue weighted by Gasteiger charge is -2.34. The molecule has 52 heavy (non-hydrogen) atoms. The fourth-order valence-electron chi connectivity index (χ4n) is 9.09. The number of hydrogen-bond acceptors (Lipinski definition) is 1. The fraction of sp³-hybridized carbons (Fsp3) is 0.0200. The highest BCUT2D eigenvalue weighted by atomic mass is 15.0. The van der Waals surface area contributed by atoms with Crippen molar-refractivity contribution >= 4 is 43.5 Å². The van der Waals surface area contributed by atoms with Crippen molar-refractivity contribution < 1.29 is 0 Å². The summed E-state index contributed by atoms with van der Waals surface area (Å²) in [6, 6.07) is 70.9. The van der Waals surface area contributed by atoms with Gasteiger partial charge in [-0.05, 0) is 75.2 Å². The molecule has 242 valence electrons. The van der Waals surface area contributed by atoms with Gasteiger partial charge in [0.2, 0.25) is 0 Å². The van der Waals surface area contributed by atoms with Gasteiger partial charge in [0.15, 0.2) is 0 Å². The molecular formula is C50H32N2. The van der Waals surface area contributed by atoms with Gasteiger partial charge in [0.05, 0.1) is 27.7 Å². The van der Waals surface area contributed by atoms with Gasteiger partial charge in [0.25, 0.3) is 0 Å². The number of pyridine rings is 1. The average molecular weight is 661 g/mol. The summed E-state index contributed by atoms with van der Waals surface area (Å²) in [6.07, 6.45) is 0. The van der Waals surface area contributed by atoms with Crippen LogP contribution in [-0.2, 0) is 5.41 Å². The van der Waals surface area contributed by atoms with E-state index in [2.05, 4.69) is 199 Å². The molecule has 0 saturated carbocycles. The first-order chi connectivity index (χ1) is 25.8. The summed E-state index contributed by atoms with van der Waals surface area (Å²) in [7, 11) is 0. The minimum absolute atomic E-state index is 0.459. The van der Waals surface area contributed by atoms with E-state index < -0.39 is 5.41 Å². The van der Waals surface area contributed by atoms with E-state index in [1.54, 1.807) is 0 Å². The highest BCUT2D eigenvalue weighted by Gasteiger charge is 2.46. The second-order valence-electron chi connectivity index (χ2n) is 13.9. The molecule has 0 saturated heterocycles. The number of fused-ring (bicyclic) bond motifs is 9. The van der Waals surface area contributed by atoms with Crippen molar-refractivity contribution in [1.29, 1.82) is 0 Å². The molecule has 0 radical (unpaired) electrons. The third-order valence-corrected chi connectivity index (χ3v) is 11.3. The van der Waals surface area contributed by atoms with E-state index in [-0.39, 0.29) is 0 Å². The minimum Gasteiger partial charge on any atom is -0.309 e. The van der Waals surface area contributed by atoms with E-state index in [1.807, 2.05) is 0 Å². The molecule has 2 nitrogen and oxygen atoms in total. The third kappa shape index (κ3) is 3.98. The second-order valence-corrected chi connectivity index (χ2v) is 13.9. The third-order valence-electron chi connectivity index (χ3n) is 11.3. The molecule has 0 bridgehead atoms. The molecule has 1 aliphatic carbocycles. The van der Waals surface area contributed by atoms with Crippen molar-refractivity contribution in [1.82, 2.24) is 9.55 Å². The molecule has 1 aliphatic rings. The van der Waals surface area contributed by atoms with Crippen LogP contribution in [0, 0.1) is 0 Å². The fourth-order valence-corrected chi connectivity index (χ4v) is 9.09. The second kappa shape index (κ2) is 11.1. The largest absolute Gasteiger partial charge is 0.309 e. The van der Waals surface area contributed by atoms with Crippen LogP contribution in [0.1, 0.15) is 22.3 Å². The first-order valence-electron chi connectivity index (χ1n) is 18.0. The van der Waals surface area contributed by atoms with E-state index in [0.717, 1.165) is 22.5 Å². The van der Waals surface area contributed by atoms with Crippen molar-refractivity contribution in [2.75, 3.05) is 0 Å². The summed E-state index contributed by atoms with van der Waals surface area (Å²) in [5.41, 5.74) is 13.9. The summed E-state index contributed by atoms with van der Waals surface area (Å²) >= 11 is 0. The van der Waals surface area contributed by atoms with Crippen molar-refractivity contribution in [3.8, 4) is 28.1 Å². The SMILES string of the molecule is c1ccc(C2(c3ccccc3)c3ccccc3-c3ccc(-n4c5ccccc5c5cc(-c6nc7ccccc7c7ccccc67)ccc54)cc32)cc1. The van der Waals surface area contributed by atoms with E-state index in [0.29, 0.717) is 0 Å². The van der Waals surface area contributed by atoms with Crippen LogP contribution in [0.15, 0.2) is 194 Å². The predicted octanol–water partition coefficient (Wildman–Crippen LogP) is 12.5. The number of hydrogen-bond donors (Lipinski definition) is 0. The summed E-state index contributed by atoms with van der Waals surface area (Å²) in [5.74, 6) is 0. The summed E-state index contributed by atoms with van der Waals surface area (Å²) in [5, 5.41) is 6.02. The van der Waals surface area contributed by atoms with Crippen LogP contribution in [0.5, 0.6) is 0 Å². The van der Waals surface area contributed by atoms with Crippen molar-refractivity contribution in [3.63, 3.8) is 0 Å². The zero-order valence-corrected chi connectivity index (χ0v) is 28.4. The lowest BCUT2D eigenvalue weighted by Crippen LogP contribution is -2.28. The van der Waals surface area contributed by atoms with Crippen LogP contribution in [0.25, 0.3) is 71.6 Å². The Balaban J connectivity index is 1.18. The van der Waals surface area contributed by atoms with Gasteiger partial charge in [-0.15, -0.1) is 0 Å². The minimum atomic E-state index is -0.459. The molecule has 2 aromatic heterocycles. The Labute approximate surface area is 301 Å². The molecule has 8 aromatic carbocycles. The molecular weight excluding hydrogens is 629 g/mol. The highest BCUT2D eigenvalue weighted by Crippen LogP contribution is 2.56. The number of para-hydroxylation sites is 2. The summed E-state index contributed by atoms with van der Waals surface area (Å²) in [6.45, 7) is 0. The highest BCUT2D eigenvalue weighted by molar-refractivity contribution is 6.14. The van der Waals surface area contributed by atoms with Crippen molar-refractivity contribution in [3.05, 3.63) is 216 Å². The van der Waals surface area contributed by atoms with Crippen LogP contribution in [0.3, 0.4) is 0 Å². The lowest BCUT2D eigenvalue weighted by molar-refractivity contribution is 0.767. The maximum Gasteiger partial charge on any atom is 0.0788 e. The van der Waals surface area contributed by atoms with Gasteiger partial charge >= 0.3 is 0 Å². The van der Waals surface area contributed by atoms with Crippen LogP contribution >= 0.6 is 0 Å². The van der Waals surface area contributed by atoms with Gasteiger partial charge in [0.1, 0.15) is 0 Å². The molecule has 2 heterocycles. The zero-order chi connectivity index (χ0) is 34.2. The van der Waals surface area contributed by atoms with Crippen molar-refractivity contribution in [2.24, 2.45) is 0 Å². The Morgan fingerprint density at radius 1 is 0.385 bits per heavy atom. The quantitative estimate of drug-likeness (QED) is 0.172. The number of aromatic nitrogens is 2. The number of rotatable bonds is 4. The van der Waals surface area contributed by atoms with Crippen LogP contribution in [0.2, 0.25) is 0 Å². The van der Waals surface area contributed by atoms with Crippen LogP contribution in [-0.4, -0.2) is 9.55 Å². The molecule has 0 N–H and O–H groups in total. The van der Waals surface area contributed by atoms with Gasteiger partial charge < -0.3 is 4.57 Å². The van der Waals surface area contributed by atoms with Gasteiger partial charge in [-0.25, -0.2) is 4.98 Å². The smallest absolute Gasteiger partial charge is 0.0788 e. The van der Waals surface area contributed by atoms with Crippen LogP contribution < -0.4 is 0 Å². The Morgan fingerprint density at radius 3 is 1.77 bits per heavy atom. The Bertz CT molecular complexity index is 2970.